The Kier molecular flexibility index (Phi) is 6.06. The maximum absolute atomic E-state index is 12.5. The Morgan fingerprint density at radius 1 is 1.44 bits per heavy atom. The molecule has 2 rings (SSSR count). The summed E-state index contributed by atoms with van der Waals surface area (Å²) >= 11 is 0. The van der Waals surface area contributed by atoms with E-state index in [-0.39, 0.29) is 11.6 Å². The van der Waals surface area contributed by atoms with E-state index in [2.05, 4.69) is 18.9 Å². The van der Waals surface area contributed by atoms with Crippen molar-refractivity contribution in [3.8, 4) is 0 Å². The average Bonchev–Trinajstić information content (AvgIpc) is 2.96. The van der Waals surface area contributed by atoms with Gasteiger partial charge in [-0.05, 0) is 65.4 Å². The van der Waals surface area contributed by atoms with Crippen LogP contribution in [0.2, 0.25) is 0 Å². The van der Waals surface area contributed by atoms with Crippen molar-refractivity contribution in [1.29, 1.82) is 0 Å². The second-order valence-electron chi connectivity index (χ2n) is 9.18. The Hall–Kier alpha value is -1.48. The zero-order valence-electron chi connectivity index (χ0n) is 17.2. The van der Waals surface area contributed by atoms with Crippen molar-refractivity contribution in [2.45, 2.75) is 77.2 Å². The predicted molar refractivity (Wildman–Crippen MR) is 106 cm³/mol. The number of ether oxygens (including phenoxy) is 1. The summed E-state index contributed by atoms with van der Waals surface area (Å²) in [5.74, 6) is 0.384. The van der Waals surface area contributed by atoms with Crippen molar-refractivity contribution < 1.29 is 22.6 Å². The van der Waals surface area contributed by atoms with Crippen LogP contribution in [0.25, 0.3) is 0 Å². The second kappa shape index (κ2) is 7.50. The molecule has 2 heterocycles. The SMILES string of the molecule is CC1=N[N+](CCCC2CN(C(=O)OC(C)(C)C)C(C)(C)C2)=CC1S(N)(=O)=O. The molecule has 0 spiro atoms. The Morgan fingerprint density at radius 2 is 2.07 bits per heavy atom. The van der Waals surface area contributed by atoms with E-state index >= 15 is 0 Å². The molecule has 0 bridgehead atoms. The van der Waals surface area contributed by atoms with Gasteiger partial charge in [-0.25, -0.2) is 18.4 Å². The first-order chi connectivity index (χ1) is 12.2. The van der Waals surface area contributed by atoms with Gasteiger partial charge in [0.25, 0.3) is 0 Å². The summed E-state index contributed by atoms with van der Waals surface area (Å²) in [4.78, 5) is 14.3. The van der Waals surface area contributed by atoms with Gasteiger partial charge in [0.15, 0.2) is 18.0 Å². The third kappa shape index (κ3) is 5.75. The molecule has 1 saturated heterocycles. The van der Waals surface area contributed by atoms with E-state index in [0.29, 0.717) is 24.7 Å². The first-order valence-corrected chi connectivity index (χ1v) is 11.0. The van der Waals surface area contributed by atoms with Crippen LogP contribution in [0, 0.1) is 5.92 Å². The Balaban J connectivity index is 1.89. The molecule has 1 amide bonds. The lowest BCUT2D eigenvalue weighted by Gasteiger charge is -2.33. The van der Waals surface area contributed by atoms with E-state index in [9.17, 15) is 13.2 Å². The van der Waals surface area contributed by atoms with Gasteiger partial charge in [0.1, 0.15) is 11.3 Å². The van der Waals surface area contributed by atoms with Crippen LogP contribution in [0.15, 0.2) is 5.10 Å². The first-order valence-electron chi connectivity index (χ1n) is 9.38. The number of rotatable bonds is 5. The number of amides is 1. The van der Waals surface area contributed by atoms with Gasteiger partial charge in [-0.2, -0.15) is 0 Å². The summed E-state index contributed by atoms with van der Waals surface area (Å²) in [5, 5.41) is 8.66. The molecule has 9 heteroatoms. The molecule has 2 aliphatic rings. The van der Waals surface area contributed by atoms with E-state index in [0.717, 1.165) is 19.3 Å². The summed E-state index contributed by atoms with van der Waals surface area (Å²) < 4.78 is 30.3. The number of hydrazone groups is 1. The maximum atomic E-state index is 12.5. The molecule has 2 N–H and O–H groups in total. The summed E-state index contributed by atoms with van der Waals surface area (Å²) in [6.07, 6.45) is 4.00. The standard InChI is InChI=1S/C18H33N4O4S/c1-13-15(27(19,24)25)12-21(20-13)9-7-8-14-10-18(5,6)22(11-14)16(23)26-17(2,3)4/h12,14-15H,7-11H2,1-6H3,(H2,19,24,25)/q+1. The minimum atomic E-state index is -3.66. The summed E-state index contributed by atoms with van der Waals surface area (Å²) in [5.41, 5.74) is -0.247. The quantitative estimate of drug-likeness (QED) is 0.711. The molecule has 0 aromatic carbocycles. The molecule has 0 saturated carbocycles. The van der Waals surface area contributed by atoms with Crippen molar-refractivity contribution in [3.05, 3.63) is 0 Å². The van der Waals surface area contributed by atoms with E-state index in [1.54, 1.807) is 17.8 Å². The van der Waals surface area contributed by atoms with Crippen LogP contribution in [-0.2, 0) is 14.8 Å². The van der Waals surface area contributed by atoms with Crippen LogP contribution in [0.4, 0.5) is 4.79 Å². The molecule has 2 atom stereocenters. The van der Waals surface area contributed by atoms with Gasteiger partial charge in [0.2, 0.25) is 10.0 Å². The first kappa shape index (κ1) is 21.8. The van der Waals surface area contributed by atoms with Crippen LogP contribution in [0.3, 0.4) is 0 Å². The van der Waals surface area contributed by atoms with E-state index in [1.165, 1.54) is 0 Å². The summed E-state index contributed by atoms with van der Waals surface area (Å²) in [6.45, 7) is 12.7. The van der Waals surface area contributed by atoms with Crippen LogP contribution in [0.1, 0.15) is 60.8 Å². The largest absolute Gasteiger partial charge is 0.444 e. The molecule has 154 valence electrons. The number of primary sulfonamides is 1. The maximum Gasteiger partial charge on any atom is 0.410 e. The molecular weight excluding hydrogens is 368 g/mol. The minimum absolute atomic E-state index is 0.236. The van der Waals surface area contributed by atoms with Crippen LogP contribution >= 0.6 is 0 Å². The van der Waals surface area contributed by atoms with Crippen molar-refractivity contribution in [1.82, 2.24) is 4.90 Å². The molecule has 8 nitrogen and oxygen atoms in total. The molecule has 0 aliphatic carbocycles. The number of sulfonamides is 1. The number of nitrogens with zero attached hydrogens (tertiary/aromatic N) is 3. The van der Waals surface area contributed by atoms with Crippen molar-refractivity contribution in [2.75, 3.05) is 13.1 Å². The topological polar surface area (TPSA) is 105 Å². The van der Waals surface area contributed by atoms with Gasteiger partial charge in [0.05, 0.1) is 0 Å². The van der Waals surface area contributed by atoms with E-state index in [1.807, 2.05) is 25.7 Å². The third-order valence-electron chi connectivity index (χ3n) is 4.93. The predicted octanol–water partition coefficient (Wildman–Crippen LogP) is 1.93. The highest BCUT2D eigenvalue weighted by molar-refractivity contribution is 7.91. The van der Waals surface area contributed by atoms with Gasteiger partial charge < -0.3 is 9.64 Å². The van der Waals surface area contributed by atoms with Gasteiger partial charge in [-0.1, -0.05) is 4.68 Å². The number of nitrogens with two attached hydrogens (primary N) is 1. The van der Waals surface area contributed by atoms with Crippen LogP contribution in [0.5, 0.6) is 0 Å². The van der Waals surface area contributed by atoms with Crippen LogP contribution in [-0.4, -0.2) is 65.5 Å². The number of hydrogen-bond acceptors (Lipinski definition) is 5. The lowest BCUT2D eigenvalue weighted by Crippen LogP contribution is -2.45. The highest BCUT2D eigenvalue weighted by Crippen LogP contribution is 2.36. The Bertz CT molecular complexity index is 750. The van der Waals surface area contributed by atoms with Gasteiger partial charge in [0, 0.05) is 18.5 Å². The van der Waals surface area contributed by atoms with E-state index < -0.39 is 20.9 Å². The molecule has 2 aliphatic heterocycles. The molecule has 27 heavy (non-hydrogen) atoms. The normalized spacial score (nSPS) is 25.4. The molecule has 2 unspecified atom stereocenters. The highest BCUT2D eigenvalue weighted by atomic mass is 32.2. The van der Waals surface area contributed by atoms with Crippen molar-refractivity contribution in [3.63, 3.8) is 0 Å². The van der Waals surface area contributed by atoms with E-state index in [4.69, 9.17) is 9.88 Å². The summed E-state index contributed by atoms with van der Waals surface area (Å²) in [6, 6.07) is 0. The van der Waals surface area contributed by atoms with Gasteiger partial charge >= 0.3 is 6.09 Å². The van der Waals surface area contributed by atoms with Crippen molar-refractivity contribution >= 4 is 28.0 Å². The second-order valence-corrected chi connectivity index (χ2v) is 10.9. The number of carbonyl (C=O) groups excluding carboxylic acids is 1. The highest BCUT2D eigenvalue weighted by Gasteiger charge is 2.43. The number of carbonyl (C=O) groups is 1. The monoisotopic (exact) mass is 401 g/mol. The fourth-order valence-corrected chi connectivity index (χ4v) is 4.60. The molecular formula is C18H33N4O4S+. The minimum Gasteiger partial charge on any atom is -0.444 e. The smallest absolute Gasteiger partial charge is 0.410 e. The fraction of sp³-hybridized carbons (Fsp3) is 0.833. The Morgan fingerprint density at radius 3 is 2.59 bits per heavy atom. The third-order valence-corrected chi connectivity index (χ3v) is 6.10. The van der Waals surface area contributed by atoms with Gasteiger partial charge in [-0.3, -0.25) is 0 Å². The Labute approximate surface area is 162 Å². The van der Waals surface area contributed by atoms with Crippen molar-refractivity contribution in [2.24, 2.45) is 16.2 Å². The zero-order valence-corrected chi connectivity index (χ0v) is 18.0. The lowest BCUT2D eigenvalue weighted by atomic mass is 9.93. The molecule has 1 fully saturated rings. The lowest BCUT2D eigenvalue weighted by molar-refractivity contribution is -0.526. The molecule has 0 aromatic rings. The molecule has 0 aromatic heterocycles. The van der Waals surface area contributed by atoms with Gasteiger partial charge in [-0.15, -0.1) is 0 Å². The zero-order chi connectivity index (χ0) is 20.6. The van der Waals surface area contributed by atoms with Crippen LogP contribution < -0.4 is 5.14 Å². The molecule has 0 radical (unpaired) electrons. The summed E-state index contributed by atoms with van der Waals surface area (Å²) in [7, 11) is -3.66. The fourth-order valence-electron chi connectivity index (χ4n) is 3.76. The number of hydrogen-bond donors (Lipinski definition) is 1. The number of likely N-dealkylation sites (tertiary alicyclic amines) is 1. The average molecular weight is 402 g/mol.